The van der Waals surface area contributed by atoms with Crippen molar-refractivity contribution in [2.45, 2.75) is 19.4 Å². The van der Waals surface area contributed by atoms with E-state index < -0.39 is 0 Å². The Balaban J connectivity index is 1.32. The first-order chi connectivity index (χ1) is 13.1. The molecule has 1 atom stereocenters. The lowest BCUT2D eigenvalue weighted by Crippen LogP contribution is -2.55. The molecule has 1 N–H and O–H groups in total. The molecule has 0 unspecified atom stereocenters. The van der Waals surface area contributed by atoms with Gasteiger partial charge in [-0.25, -0.2) is 4.79 Å². The monoisotopic (exact) mass is 385 g/mol. The van der Waals surface area contributed by atoms with Gasteiger partial charge in [-0.3, -0.25) is 0 Å². The quantitative estimate of drug-likeness (QED) is 0.860. The van der Waals surface area contributed by atoms with Gasteiger partial charge in [-0.1, -0.05) is 35.9 Å². The maximum atomic E-state index is 12.7. The molecule has 5 nitrogen and oxygen atoms in total. The second-order valence-corrected chi connectivity index (χ2v) is 7.61. The highest BCUT2D eigenvalue weighted by Crippen LogP contribution is 2.26. The van der Waals surface area contributed by atoms with E-state index in [1.165, 1.54) is 5.56 Å². The first-order valence-electron chi connectivity index (χ1n) is 9.37. The van der Waals surface area contributed by atoms with E-state index >= 15 is 0 Å². The van der Waals surface area contributed by atoms with Gasteiger partial charge in [-0.05, 0) is 42.7 Å². The lowest BCUT2D eigenvalue weighted by molar-refractivity contribution is 0.178. The second kappa shape index (κ2) is 7.69. The SMILES string of the molecule is Cc1ccc(Cl)cc1N1CCN(C(=O)N[C@@H]2COc3ccccc3C2)CC1. The van der Waals surface area contributed by atoms with Crippen LogP contribution in [-0.2, 0) is 6.42 Å². The number of anilines is 1. The molecule has 6 heteroatoms. The summed E-state index contributed by atoms with van der Waals surface area (Å²) in [4.78, 5) is 16.8. The van der Waals surface area contributed by atoms with E-state index in [0.29, 0.717) is 19.7 Å². The van der Waals surface area contributed by atoms with Crippen LogP contribution in [-0.4, -0.2) is 49.8 Å². The summed E-state index contributed by atoms with van der Waals surface area (Å²) in [7, 11) is 0. The Morgan fingerprint density at radius 2 is 1.93 bits per heavy atom. The number of hydrogen-bond acceptors (Lipinski definition) is 3. The first-order valence-corrected chi connectivity index (χ1v) is 9.75. The number of carbonyl (C=O) groups excluding carboxylic acids is 1. The summed E-state index contributed by atoms with van der Waals surface area (Å²) in [6.07, 6.45) is 0.809. The predicted molar refractivity (Wildman–Crippen MR) is 108 cm³/mol. The number of halogens is 1. The third kappa shape index (κ3) is 3.98. The molecular formula is C21H24ClN3O2. The number of hydrogen-bond donors (Lipinski definition) is 1. The molecule has 0 saturated carbocycles. The van der Waals surface area contributed by atoms with Crippen molar-refractivity contribution in [3.05, 3.63) is 58.6 Å². The fourth-order valence-corrected chi connectivity index (χ4v) is 3.93. The molecule has 2 aliphatic rings. The molecule has 4 rings (SSSR count). The van der Waals surface area contributed by atoms with E-state index in [1.807, 2.05) is 41.3 Å². The third-order valence-corrected chi connectivity index (χ3v) is 5.52. The largest absolute Gasteiger partial charge is 0.491 e. The number of urea groups is 1. The topological polar surface area (TPSA) is 44.8 Å². The van der Waals surface area contributed by atoms with Crippen LogP contribution in [0.2, 0.25) is 5.02 Å². The highest BCUT2D eigenvalue weighted by molar-refractivity contribution is 6.30. The number of ether oxygens (including phenoxy) is 1. The number of rotatable bonds is 2. The van der Waals surface area contributed by atoms with Crippen LogP contribution < -0.4 is 15.0 Å². The fraction of sp³-hybridized carbons (Fsp3) is 0.381. The lowest BCUT2D eigenvalue weighted by atomic mass is 10.0. The summed E-state index contributed by atoms with van der Waals surface area (Å²) >= 11 is 6.15. The highest BCUT2D eigenvalue weighted by Gasteiger charge is 2.26. The highest BCUT2D eigenvalue weighted by atomic mass is 35.5. The number of carbonyl (C=O) groups is 1. The van der Waals surface area contributed by atoms with Gasteiger partial charge in [0.1, 0.15) is 12.4 Å². The molecule has 2 amide bonds. The van der Waals surface area contributed by atoms with Crippen LogP contribution in [0.1, 0.15) is 11.1 Å². The minimum atomic E-state index is -0.00885. The van der Waals surface area contributed by atoms with E-state index in [1.54, 1.807) is 0 Å². The minimum Gasteiger partial charge on any atom is -0.491 e. The summed E-state index contributed by atoms with van der Waals surface area (Å²) in [6, 6.07) is 14.0. The van der Waals surface area contributed by atoms with Crippen LogP contribution in [0.3, 0.4) is 0 Å². The lowest BCUT2D eigenvalue weighted by Gasteiger charge is -2.37. The number of para-hydroxylation sites is 1. The normalized spacial score (nSPS) is 19.3. The van der Waals surface area contributed by atoms with Gasteiger partial charge < -0.3 is 19.9 Å². The van der Waals surface area contributed by atoms with Crippen molar-refractivity contribution < 1.29 is 9.53 Å². The molecule has 0 bridgehead atoms. The average molecular weight is 386 g/mol. The van der Waals surface area contributed by atoms with E-state index in [2.05, 4.69) is 23.2 Å². The van der Waals surface area contributed by atoms with E-state index in [4.69, 9.17) is 16.3 Å². The van der Waals surface area contributed by atoms with Crippen LogP contribution in [0.25, 0.3) is 0 Å². The number of aryl methyl sites for hydroxylation is 1. The third-order valence-electron chi connectivity index (χ3n) is 5.29. The molecule has 142 valence electrons. The number of piperazine rings is 1. The molecule has 0 radical (unpaired) electrons. The van der Waals surface area contributed by atoms with Crippen molar-refractivity contribution >= 4 is 23.3 Å². The van der Waals surface area contributed by atoms with E-state index in [-0.39, 0.29) is 12.1 Å². The van der Waals surface area contributed by atoms with Crippen molar-refractivity contribution in [1.82, 2.24) is 10.2 Å². The summed E-state index contributed by atoms with van der Waals surface area (Å²) in [5.41, 5.74) is 3.51. The minimum absolute atomic E-state index is 0.00885. The molecule has 1 fully saturated rings. The zero-order chi connectivity index (χ0) is 18.8. The van der Waals surface area contributed by atoms with E-state index in [0.717, 1.165) is 41.5 Å². The summed E-state index contributed by atoms with van der Waals surface area (Å²) in [6.45, 7) is 5.61. The molecule has 27 heavy (non-hydrogen) atoms. The van der Waals surface area contributed by atoms with Gasteiger partial charge in [0.25, 0.3) is 0 Å². The molecule has 2 heterocycles. The van der Waals surface area contributed by atoms with Gasteiger partial charge in [-0.2, -0.15) is 0 Å². The Kier molecular flexibility index (Phi) is 5.12. The Morgan fingerprint density at radius 3 is 2.74 bits per heavy atom. The predicted octanol–water partition coefficient (Wildman–Crippen LogP) is 3.48. The number of nitrogens with one attached hydrogen (secondary N) is 1. The molecule has 0 aromatic heterocycles. The van der Waals surface area contributed by atoms with Crippen LogP contribution >= 0.6 is 11.6 Å². The van der Waals surface area contributed by atoms with Crippen LogP contribution in [0.5, 0.6) is 5.75 Å². The molecule has 2 aromatic rings. The van der Waals surface area contributed by atoms with Crippen molar-refractivity contribution in [2.75, 3.05) is 37.7 Å². The number of amides is 2. The molecule has 0 aliphatic carbocycles. The van der Waals surface area contributed by atoms with Gasteiger partial charge in [0, 0.05) is 36.9 Å². The molecule has 2 aliphatic heterocycles. The Morgan fingerprint density at radius 1 is 1.15 bits per heavy atom. The Bertz CT molecular complexity index is 834. The summed E-state index contributed by atoms with van der Waals surface area (Å²) in [5.74, 6) is 0.925. The van der Waals surface area contributed by atoms with Gasteiger partial charge >= 0.3 is 6.03 Å². The number of fused-ring (bicyclic) bond motifs is 1. The summed E-state index contributed by atoms with van der Waals surface area (Å²) in [5, 5.41) is 3.87. The number of nitrogens with zero attached hydrogens (tertiary/aromatic N) is 2. The van der Waals surface area contributed by atoms with Gasteiger partial charge in [0.15, 0.2) is 0 Å². The molecular weight excluding hydrogens is 362 g/mol. The van der Waals surface area contributed by atoms with Crippen LogP contribution in [0, 0.1) is 6.92 Å². The molecule has 2 aromatic carbocycles. The molecule has 0 spiro atoms. The Labute approximate surface area is 164 Å². The standard InChI is InChI=1S/C21H24ClN3O2/c1-15-6-7-17(22)13-19(15)24-8-10-25(11-9-24)21(26)23-18-12-16-4-2-3-5-20(16)27-14-18/h2-7,13,18H,8-12,14H2,1H3,(H,23,26)/t18-/m0/s1. The van der Waals surface area contributed by atoms with Gasteiger partial charge in [0.2, 0.25) is 0 Å². The van der Waals surface area contributed by atoms with Crippen LogP contribution in [0.15, 0.2) is 42.5 Å². The van der Waals surface area contributed by atoms with Gasteiger partial charge in [-0.15, -0.1) is 0 Å². The second-order valence-electron chi connectivity index (χ2n) is 7.17. The van der Waals surface area contributed by atoms with Crippen molar-refractivity contribution in [3.8, 4) is 5.75 Å². The van der Waals surface area contributed by atoms with Crippen molar-refractivity contribution in [3.63, 3.8) is 0 Å². The average Bonchev–Trinajstić information content (AvgIpc) is 2.70. The molecule has 1 saturated heterocycles. The zero-order valence-electron chi connectivity index (χ0n) is 15.5. The Hall–Kier alpha value is -2.40. The maximum Gasteiger partial charge on any atom is 0.317 e. The van der Waals surface area contributed by atoms with Crippen molar-refractivity contribution in [1.29, 1.82) is 0 Å². The fourth-order valence-electron chi connectivity index (χ4n) is 3.76. The number of benzene rings is 2. The van der Waals surface area contributed by atoms with Crippen LogP contribution in [0.4, 0.5) is 10.5 Å². The first kappa shape index (κ1) is 18.0. The van der Waals surface area contributed by atoms with Gasteiger partial charge in [0.05, 0.1) is 6.04 Å². The summed E-state index contributed by atoms with van der Waals surface area (Å²) < 4.78 is 5.77. The smallest absolute Gasteiger partial charge is 0.317 e. The van der Waals surface area contributed by atoms with Crippen molar-refractivity contribution in [2.24, 2.45) is 0 Å². The maximum absolute atomic E-state index is 12.7. The zero-order valence-corrected chi connectivity index (χ0v) is 16.2. The van der Waals surface area contributed by atoms with E-state index in [9.17, 15) is 4.79 Å².